The molecule has 140 valence electrons. The summed E-state index contributed by atoms with van der Waals surface area (Å²) in [6.07, 6.45) is 0. The predicted octanol–water partition coefficient (Wildman–Crippen LogP) is 3.15. The highest BCUT2D eigenvalue weighted by Gasteiger charge is 2.19. The predicted molar refractivity (Wildman–Crippen MR) is 101 cm³/mol. The van der Waals surface area contributed by atoms with Crippen LogP contribution in [0.1, 0.15) is 0 Å². The molecule has 4 rings (SSSR count). The fourth-order valence-electron chi connectivity index (χ4n) is 2.88. The van der Waals surface area contributed by atoms with E-state index in [2.05, 4.69) is 25.8 Å². The zero-order chi connectivity index (χ0) is 18.8. The molecule has 1 aromatic heterocycles. The van der Waals surface area contributed by atoms with E-state index in [-0.39, 0.29) is 10.8 Å². The van der Waals surface area contributed by atoms with Crippen LogP contribution in [-0.2, 0) is 4.74 Å². The summed E-state index contributed by atoms with van der Waals surface area (Å²) in [6.45, 7) is 2.78. The molecule has 0 radical (unpaired) electrons. The van der Waals surface area contributed by atoms with Crippen molar-refractivity contribution in [3.63, 3.8) is 0 Å². The first-order chi connectivity index (χ1) is 13.1. The van der Waals surface area contributed by atoms with Crippen molar-refractivity contribution in [2.75, 3.05) is 41.8 Å². The fourth-order valence-corrected chi connectivity index (χ4v) is 3.10. The molecular weight excluding hydrogens is 376 g/mol. The van der Waals surface area contributed by atoms with Crippen LogP contribution < -0.4 is 15.5 Å². The van der Waals surface area contributed by atoms with Crippen LogP contribution in [0, 0.1) is 11.6 Å². The van der Waals surface area contributed by atoms with Gasteiger partial charge in [-0.05, 0) is 46.8 Å². The summed E-state index contributed by atoms with van der Waals surface area (Å²) in [5.41, 5.74) is 2.61. The number of ether oxygens (including phenoxy) is 1. The lowest BCUT2D eigenvalue weighted by Gasteiger charge is -2.28. The monoisotopic (exact) mass is 391 g/mol. The number of benzene rings is 2. The molecular formula is C17H15F2N5O2S. The summed E-state index contributed by atoms with van der Waals surface area (Å²) in [5, 5.41) is 13.7. The standard InChI is InChI=1S/C17H15F2N5O2S/c18-10-1-2-12(11(19)9-10)20-17(27)21-13-3-4-14(16-15(13)22-26-23-16)24-5-7-25-8-6-24/h1-4,9H,5-8H2,(H2,20,21,27). The third-order valence-corrected chi connectivity index (χ3v) is 4.38. The molecule has 0 bridgehead atoms. The molecule has 27 heavy (non-hydrogen) atoms. The van der Waals surface area contributed by atoms with Crippen LogP contribution in [0.5, 0.6) is 0 Å². The zero-order valence-corrected chi connectivity index (χ0v) is 14.9. The zero-order valence-electron chi connectivity index (χ0n) is 14.0. The maximum absolute atomic E-state index is 13.8. The smallest absolute Gasteiger partial charge is 0.175 e. The molecule has 1 aliphatic rings. The van der Waals surface area contributed by atoms with E-state index in [0.717, 1.165) is 30.9 Å². The minimum Gasteiger partial charge on any atom is -0.378 e. The number of morpholine rings is 1. The van der Waals surface area contributed by atoms with E-state index >= 15 is 0 Å². The Hall–Kier alpha value is -2.85. The van der Waals surface area contributed by atoms with Gasteiger partial charge in [-0.2, -0.15) is 0 Å². The van der Waals surface area contributed by atoms with Gasteiger partial charge in [-0.25, -0.2) is 13.4 Å². The van der Waals surface area contributed by atoms with Crippen molar-refractivity contribution >= 4 is 45.4 Å². The molecule has 1 fully saturated rings. The molecule has 1 saturated heterocycles. The Balaban J connectivity index is 1.55. The minimum absolute atomic E-state index is 0.0633. The van der Waals surface area contributed by atoms with Crippen molar-refractivity contribution in [2.45, 2.75) is 0 Å². The van der Waals surface area contributed by atoms with E-state index in [4.69, 9.17) is 21.6 Å². The van der Waals surface area contributed by atoms with Gasteiger partial charge in [0.1, 0.15) is 11.6 Å². The van der Waals surface area contributed by atoms with E-state index < -0.39 is 11.6 Å². The van der Waals surface area contributed by atoms with Crippen LogP contribution in [0.3, 0.4) is 0 Å². The summed E-state index contributed by atoms with van der Waals surface area (Å²) in [5.74, 6) is -1.40. The number of anilines is 3. The number of nitrogens with one attached hydrogen (secondary N) is 2. The van der Waals surface area contributed by atoms with E-state index in [1.165, 1.54) is 6.07 Å². The largest absolute Gasteiger partial charge is 0.378 e. The van der Waals surface area contributed by atoms with Crippen molar-refractivity contribution in [1.29, 1.82) is 0 Å². The Morgan fingerprint density at radius 3 is 2.48 bits per heavy atom. The van der Waals surface area contributed by atoms with Gasteiger partial charge in [0.25, 0.3) is 0 Å². The van der Waals surface area contributed by atoms with Crippen molar-refractivity contribution in [1.82, 2.24) is 10.3 Å². The lowest BCUT2D eigenvalue weighted by Crippen LogP contribution is -2.36. The van der Waals surface area contributed by atoms with Gasteiger partial charge in [-0.15, -0.1) is 0 Å². The molecule has 0 aliphatic carbocycles. The van der Waals surface area contributed by atoms with E-state index in [1.54, 1.807) is 6.07 Å². The third-order valence-electron chi connectivity index (χ3n) is 4.17. The lowest BCUT2D eigenvalue weighted by molar-refractivity contribution is 0.123. The first-order valence-corrected chi connectivity index (χ1v) is 8.63. The summed E-state index contributed by atoms with van der Waals surface area (Å²) >= 11 is 5.22. The first-order valence-electron chi connectivity index (χ1n) is 8.23. The van der Waals surface area contributed by atoms with Crippen LogP contribution in [0.15, 0.2) is 35.0 Å². The van der Waals surface area contributed by atoms with Crippen molar-refractivity contribution in [2.24, 2.45) is 0 Å². The lowest BCUT2D eigenvalue weighted by atomic mass is 10.2. The number of aromatic nitrogens is 2. The molecule has 0 saturated carbocycles. The highest BCUT2D eigenvalue weighted by molar-refractivity contribution is 7.80. The molecule has 0 amide bonds. The van der Waals surface area contributed by atoms with Crippen LogP contribution in [0.25, 0.3) is 11.0 Å². The molecule has 10 heteroatoms. The number of nitrogens with zero attached hydrogens (tertiary/aromatic N) is 3. The molecule has 0 spiro atoms. The van der Waals surface area contributed by atoms with E-state index in [9.17, 15) is 8.78 Å². The molecule has 7 nitrogen and oxygen atoms in total. The van der Waals surface area contributed by atoms with Crippen LogP contribution in [-0.4, -0.2) is 41.7 Å². The SMILES string of the molecule is Fc1ccc(NC(=S)Nc2ccc(N3CCOCC3)c3nonc23)c(F)c1. The number of rotatable bonds is 3. The number of hydrogen-bond acceptors (Lipinski definition) is 6. The maximum atomic E-state index is 13.8. The minimum atomic E-state index is -0.741. The van der Waals surface area contributed by atoms with Gasteiger partial charge >= 0.3 is 0 Å². The number of halogens is 2. The van der Waals surface area contributed by atoms with Crippen molar-refractivity contribution in [3.05, 3.63) is 42.0 Å². The molecule has 3 aromatic rings. The Morgan fingerprint density at radius 1 is 1.00 bits per heavy atom. The fraction of sp³-hybridized carbons (Fsp3) is 0.235. The van der Waals surface area contributed by atoms with Gasteiger partial charge in [0.05, 0.1) is 30.3 Å². The molecule has 2 aromatic carbocycles. The summed E-state index contributed by atoms with van der Waals surface area (Å²) in [6, 6.07) is 6.88. The second-order valence-electron chi connectivity index (χ2n) is 5.90. The Kier molecular flexibility index (Phi) is 4.82. The van der Waals surface area contributed by atoms with Gasteiger partial charge in [0, 0.05) is 19.2 Å². The molecule has 0 atom stereocenters. The maximum Gasteiger partial charge on any atom is 0.175 e. The van der Waals surface area contributed by atoms with E-state index in [0.29, 0.717) is 29.9 Å². The Labute approximate surface area is 158 Å². The second kappa shape index (κ2) is 7.41. The highest BCUT2D eigenvalue weighted by atomic mass is 32.1. The van der Waals surface area contributed by atoms with Crippen LogP contribution >= 0.6 is 12.2 Å². The number of fused-ring (bicyclic) bond motifs is 1. The first kappa shape index (κ1) is 17.6. The molecule has 2 heterocycles. The number of hydrogen-bond donors (Lipinski definition) is 2. The third kappa shape index (κ3) is 3.67. The second-order valence-corrected chi connectivity index (χ2v) is 6.30. The highest BCUT2D eigenvalue weighted by Crippen LogP contribution is 2.30. The van der Waals surface area contributed by atoms with Gasteiger partial charge < -0.3 is 20.3 Å². The summed E-state index contributed by atoms with van der Waals surface area (Å²) < 4.78 is 37.1. The normalized spacial score (nSPS) is 14.4. The molecule has 1 aliphatic heterocycles. The number of thiocarbonyl (C=S) groups is 1. The van der Waals surface area contributed by atoms with Gasteiger partial charge in [0.2, 0.25) is 0 Å². The van der Waals surface area contributed by atoms with Crippen molar-refractivity contribution in [3.8, 4) is 0 Å². The van der Waals surface area contributed by atoms with Crippen LogP contribution in [0.4, 0.5) is 25.8 Å². The average Bonchev–Trinajstić information content (AvgIpc) is 3.15. The molecule has 0 unspecified atom stereocenters. The van der Waals surface area contributed by atoms with Gasteiger partial charge in [-0.1, -0.05) is 0 Å². The Bertz CT molecular complexity index is 991. The summed E-state index contributed by atoms with van der Waals surface area (Å²) in [4.78, 5) is 2.14. The molecule has 2 N–H and O–H groups in total. The van der Waals surface area contributed by atoms with Crippen molar-refractivity contribution < 1.29 is 18.1 Å². The van der Waals surface area contributed by atoms with E-state index in [1.807, 2.05) is 6.07 Å². The topological polar surface area (TPSA) is 75.5 Å². The van der Waals surface area contributed by atoms with Crippen LogP contribution in [0.2, 0.25) is 0 Å². The van der Waals surface area contributed by atoms with Gasteiger partial charge in [-0.3, -0.25) is 0 Å². The summed E-state index contributed by atoms with van der Waals surface area (Å²) in [7, 11) is 0. The Morgan fingerprint density at radius 2 is 1.70 bits per heavy atom. The quantitative estimate of drug-likeness (QED) is 0.660. The average molecular weight is 391 g/mol. The van der Waals surface area contributed by atoms with Gasteiger partial charge in [0.15, 0.2) is 16.1 Å².